The Morgan fingerprint density at radius 1 is 0.625 bits per heavy atom. The van der Waals surface area contributed by atoms with E-state index in [4.69, 9.17) is 18.9 Å². The number of methoxy groups -OCH3 is 4. The van der Waals surface area contributed by atoms with Gasteiger partial charge in [0.05, 0.1) is 19.8 Å². The highest BCUT2D eigenvalue weighted by Gasteiger charge is 2.38. The van der Waals surface area contributed by atoms with E-state index in [1.54, 1.807) is 28.4 Å². The normalized spacial score (nSPS) is 12.0. The average Bonchev–Trinajstić information content (AvgIpc) is 2.81. The number of hydrogen-bond donors (Lipinski definition) is 0. The second-order valence-corrected chi connectivity index (χ2v) is 11.5. The average molecular weight is 547 g/mol. The summed E-state index contributed by atoms with van der Waals surface area (Å²) in [5.41, 5.74) is 3.22. The molecular formula is C27H32IO4+. The summed E-state index contributed by atoms with van der Waals surface area (Å²) in [6, 6.07) is 23.2. The number of halogens is 1. The highest BCUT2D eigenvalue weighted by Crippen LogP contribution is 2.40. The molecule has 4 nitrogen and oxygen atoms in total. The van der Waals surface area contributed by atoms with E-state index in [9.17, 15) is 0 Å². The standard InChI is InChI=1S/C27H32IO4/c1-26(2,3)19-8-12-21(13-9-19)28-22-14-10-20(11-15-22)27(31-6,32-7)24-17-16-23(29-4)18-25(24)30-5/h8-18H,1-7H3/q+1. The molecule has 0 heterocycles. The molecular weight excluding hydrogens is 515 g/mol. The van der Waals surface area contributed by atoms with Crippen LogP contribution in [-0.2, 0) is 20.7 Å². The van der Waals surface area contributed by atoms with Gasteiger partial charge in [0.1, 0.15) is 11.5 Å². The van der Waals surface area contributed by atoms with Crippen LogP contribution in [0.25, 0.3) is 0 Å². The van der Waals surface area contributed by atoms with Crippen LogP contribution in [0.5, 0.6) is 11.5 Å². The lowest BCUT2D eigenvalue weighted by molar-refractivity contribution is -0.597. The molecule has 0 aromatic heterocycles. The first-order valence-electron chi connectivity index (χ1n) is 10.5. The van der Waals surface area contributed by atoms with Crippen molar-refractivity contribution in [2.45, 2.75) is 32.0 Å². The van der Waals surface area contributed by atoms with Crippen LogP contribution in [0.15, 0.2) is 66.7 Å². The second kappa shape index (κ2) is 10.2. The molecule has 0 saturated heterocycles. The minimum Gasteiger partial charge on any atom is -0.497 e. The van der Waals surface area contributed by atoms with E-state index in [0.717, 1.165) is 11.1 Å². The molecule has 3 rings (SSSR count). The lowest BCUT2D eigenvalue weighted by atomic mass is 9.87. The first-order chi connectivity index (χ1) is 15.3. The Balaban J connectivity index is 1.90. The lowest BCUT2D eigenvalue weighted by Crippen LogP contribution is -3.61. The van der Waals surface area contributed by atoms with Crippen molar-refractivity contribution in [2.75, 3.05) is 28.4 Å². The molecule has 0 radical (unpaired) electrons. The summed E-state index contributed by atoms with van der Waals surface area (Å²) < 4.78 is 25.6. The van der Waals surface area contributed by atoms with Crippen LogP contribution in [-0.4, -0.2) is 28.4 Å². The van der Waals surface area contributed by atoms with E-state index in [2.05, 4.69) is 69.3 Å². The monoisotopic (exact) mass is 547 g/mol. The lowest BCUT2D eigenvalue weighted by Gasteiger charge is -2.33. The third kappa shape index (κ3) is 5.11. The van der Waals surface area contributed by atoms with Crippen LogP contribution in [0.3, 0.4) is 0 Å². The van der Waals surface area contributed by atoms with E-state index in [0.29, 0.717) is 11.5 Å². The van der Waals surface area contributed by atoms with Crippen LogP contribution in [0.2, 0.25) is 0 Å². The van der Waals surface area contributed by atoms with Gasteiger partial charge in [-0.05, 0) is 59.5 Å². The van der Waals surface area contributed by atoms with Crippen LogP contribution >= 0.6 is 0 Å². The van der Waals surface area contributed by atoms with E-state index >= 15 is 0 Å². The molecule has 3 aromatic carbocycles. The summed E-state index contributed by atoms with van der Waals surface area (Å²) in [4.78, 5) is 0. The quantitative estimate of drug-likeness (QED) is 0.321. The van der Waals surface area contributed by atoms with Gasteiger partial charge in [-0.25, -0.2) is 0 Å². The van der Waals surface area contributed by atoms with Crippen molar-refractivity contribution >= 4 is 0 Å². The van der Waals surface area contributed by atoms with Crippen LogP contribution < -0.4 is 30.7 Å². The van der Waals surface area contributed by atoms with Crippen molar-refractivity contribution in [1.29, 1.82) is 0 Å². The predicted molar refractivity (Wildman–Crippen MR) is 123 cm³/mol. The largest absolute Gasteiger partial charge is 0.497 e. The number of ether oxygens (including phenoxy) is 4. The maximum Gasteiger partial charge on any atom is 0.357 e. The Morgan fingerprint density at radius 2 is 1.16 bits per heavy atom. The van der Waals surface area contributed by atoms with E-state index < -0.39 is 5.79 Å². The molecule has 32 heavy (non-hydrogen) atoms. The van der Waals surface area contributed by atoms with Crippen LogP contribution in [0, 0.1) is 7.14 Å². The van der Waals surface area contributed by atoms with Gasteiger partial charge in [0.25, 0.3) is 0 Å². The van der Waals surface area contributed by atoms with Crippen LogP contribution in [0.1, 0.15) is 37.5 Å². The van der Waals surface area contributed by atoms with Crippen molar-refractivity contribution in [3.8, 4) is 11.5 Å². The van der Waals surface area contributed by atoms with Gasteiger partial charge in [-0.3, -0.25) is 0 Å². The molecule has 0 saturated carbocycles. The third-order valence-corrected chi connectivity index (χ3v) is 8.17. The summed E-state index contributed by atoms with van der Waals surface area (Å²) in [7, 11) is 6.55. The molecule has 0 aliphatic carbocycles. The Morgan fingerprint density at radius 3 is 1.59 bits per heavy atom. The number of benzene rings is 3. The summed E-state index contributed by atoms with van der Waals surface area (Å²) in [5, 5.41) is 0. The van der Waals surface area contributed by atoms with Gasteiger partial charge in [-0.15, -0.1) is 0 Å². The Bertz CT molecular complexity index is 1020. The summed E-state index contributed by atoms with van der Waals surface area (Å²) in [6.45, 7) is 6.72. The molecule has 0 aliphatic rings. The fraction of sp³-hybridized carbons (Fsp3) is 0.333. The van der Waals surface area contributed by atoms with Gasteiger partial charge in [0, 0.05) is 25.8 Å². The number of rotatable bonds is 8. The second-order valence-electron chi connectivity index (χ2n) is 8.45. The minimum atomic E-state index is -1.08. The van der Waals surface area contributed by atoms with E-state index in [-0.39, 0.29) is 26.6 Å². The molecule has 0 spiro atoms. The van der Waals surface area contributed by atoms with Crippen molar-refractivity contribution in [2.24, 2.45) is 0 Å². The molecule has 0 atom stereocenters. The van der Waals surface area contributed by atoms with Gasteiger partial charge in [-0.2, -0.15) is 0 Å². The Hall–Kier alpha value is -2.09. The summed E-state index contributed by atoms with van der Waals surface area (Å²) in [5.74, 6) is 0.274. The molecule has 170 valence electrons. The SMILES string of the molecule is COc1ccc(C(OC)(OC)c2ccc([I+]c3ccc(C(C)(C)C)cc3)cc2)c(OC)c1. The maximum atomic E-state index is 5.94. The summed E-state index contributed by atoms with van der Waals surface area (Å²) >= 11 is -0.274. The molecule has 0 unspecified atom stereocenters. The number of hydrogen-bond acceptors (Lipinski definition) is 4. The van der Waals surface area contributed by atoms with E-state index in [1.807, 2.05) is 18.2 Å². The topological polar surface area (TPSA) is 36.9 Å². The highest BCUT2D eigenvalue weighted by atomic mass is 127. The smallest absolute Gasteiger partial charge is 0.357 e. The molecule has 0 aliphatic heterocycles. The molecule has 0 fully saturated rings. The van der Waals surface area contributed by atoms with E-state index in [1.165, 1.54) is 12.7 Å². The van der Waals surface area contributed by atoms with Gasteiger partial charge in [0.15, 0.2) is 7.14 Å². The Labute approximate surface area is 202 Å². The van der Waals surface area contributed by atoms with Crippen molar-refractivity contribution in [3.63, 3.8) is 0 Å². The zero-order chi connectivity index (χ0) is 23.4. The zero-order valence-corrected chi connectivity index (χ0v) is 22.0. The predicted octanol–water partition coefficient (Wildman–Crippen LogP) is 2.62. The summed E-state index contributed by atoms with van der Waals surface area (Å²) in [6.07, 6.45) is 0. The van der Waals surface area contributed by atoms with Gasteiger partial charge >= 0.3 is 21.2 Å². The first kappa shape index (κ1) is 24.6. The molecule has 3 aromatic rings. The highest BCUT2D eigenvalue weighted by molar-refractivity contribution is 5.47. The van der Waals surface area contributed by atoms with Gasteiger partial charge in [-0.1, -0.05) is 32.9 Å². The van der Waals surface area contributed by atoms with Crippen molar-refractivity contribution in [1.82, 2.24) is 0 Å². The maximum absolute atomic E-state index is 5.94. The molecule has 0 amide bonds. The minimum absolute atomic E-state index is 0.171. The van der Waals surface area contributed by atoms with Crippen LogP contribution in [0.4, 0.5) is 0 Å². The van der Waals surface area contributed by atoms with Crippen molar-refractivity contribution < 1.29 is 40.2 Å². The molecule has 5 heteroatoms. The fourth-order valence-corrected chi connectivity index (χ4v) is 5.79. The van der Waals surface area contributed by atoms with Gasteiger partial charge in [0.2, 0.25) is 5.79 Å². The Kier molecular flexibility index (Phi) is 7.85. The molecule has 0 N–H and O–H groups in total. The molecule has 0 bridgehead atoms. The van der Waals surface area contributed by atoms with Gasteiger partial charge < -0.3 is 18.9 Å². The van der Waals surface area contributed by atoms with Crippen molar-refractivity contribution in [3.05, 3.63) is 90.6 Å². The zero-order valence-electron chi connectivity index (χ0n) is 19.9. The fourth-order valence-electron chi connectivity index (χ4n) is 3.64. The third-order valence-electron chi connectivity index (χ3n) is 5.49. The first-order valence-corrected chi connectivity index (χ1v) is 12.6.